The molecule has 3 N–H and O–H groups in total. The molecule has 0 bridgehead atoms. The highest BCUT2D eigenvalue weighted by molar-refractivity contribution is 6.34. The summed E-state index contributed by atoms with van der Waals surface area (Å²) >= 11 is 5.87. The standard InChI is InChI=1S/C11H15ClN2O2/c1-7-6-8(11(16)9(12)10(7)15)14-4-2-13-3-5-14/h6,13,15-16H,2-5H2,1H3. The SMILES string of the molecule is Cc1cc(N2CCNCC2)c(O)c(Cl)c1O. The zero-order valence-electron chi connectivity index (χ0n) is 9.13. The van der Waals surface area contributed by atoms with E-state index in [1.807, 2.05) is 0 Å². The van der Waals surface area contributed by atoms with Gasteiger partial charge in [0.2, 0.25) is 0 Å². The molecule has 2 rings (SSSR count). The van der Waals surface area contributed by atoms with Crippen LogP contribution in [0.3, 0.4) is 0 Å². The monoisotopic (exact) mass is 242 g/mol. The Morgan fingerprint density at radius 2 is 1.88 bits per heavy atom. The van der Waals surface area contributed by atoms with E-state index < -0.39 is 0 Å². The second-order valence-corrected chi connectivity index (χ2v) is 4.34. The van der Waals surface area contributed by atoms with E-state index in [1.165, 1.54) is 0 Å². The summed E-state index contributed by atoms with van der Waals surface area (Å²) in [6.07, 6.45) is 0. The third-order valence-electron chi connectivity index (χ3n) is 2.84. The molecule has 16 heavy (non-hydrogen) atoms. The average Bonchev–Trinajstić information content (AvgIpc) is 2.32. The number of halogens is 1. The molecule has 0 aliphatic carbocycles. The fourth-order valence-electron chi connectivity index (χ4n) is 1.89. The van der Waals surface area contributed by atoms with Gasteiger partial charge < -0.3 is 20.4 Å². The molecule has 0 atom stereocenters. The van der Waals surface area contributed by atoms with Crippen LogP contribution in [0.4, 0.5) is 5.69 Å². The Balaban J connectivity index is 2.40. The minimum atomic E-state index is -0.0435. The fourth-order valence-corrected chi connectivity index (χ4v) is 2.13. The van der Waals surface area contributed by atoms with Gasteiger partial charge in [-0.15, -0.1) is 0 Å². The Hall–Kier alpha value is -1.13. The van der Waals surface area contributed by atoms with Crippen LogP contribution in [0.1, 0.15) is 5.56 Å². The van der Waals surface area contributed by atoms with E-state index in [4.69, 9.17) is 11.6 Å². The lowest BCUT2D eigenvalue weighted by molar-refractivity contribution is 0.446. The van der Waals surface area contributed by atoms with Crippen LogP contribution < -0.4 is 10.2 Å². The van der Waals surface area contributed by atoms with Gasteiger partial charge in [0.05, 0.1) is 5.69 Å². The van der Waals surface area contributed by atoms with Crippen LogP contribution in [0.15, 0.2) is 6.07 Å². The predicted molar refractivity (Wildman–Crippen MR) is 64.6 cm³/mol. The zero-order chi connectivity index (χ0) is 11.7. The van der Waals surface area contributed by atoms with Crippen molar-refractivity contribution < 1.29 is 10.2 Å². The van der Waals surface area contributed by atoms with E-state index in [1.54, 1.807) is 13.0 Å². The van der Waals surface area contributed by atoms with E-state index in [2.05, 4.69) is 10.2 Å². The molecule has 0 saturated carbocycles. The van der Waals surface area contributed by atoms with Gasteiger partial charge in [-0.25, -0.2) is 0 Å². The van der Waals surface area contributed by atoms with Crippen molar-refractivity contribution in [1.82, 2.24) is 5.32 Å². The number of anilines is 1. The van der Waals surface area contributed by atoms with Crippen molar-refractivity contribution in [2.75, 3.05) is 31.1 Å². The first kappa shape index (κ1) is 11.4. The van der Waals surface area contributed by atoms with Gasteiger partial charge in [-0.3, -0.25) is 0 Å². The lowest BCUT2D eigenvalue weighted by Gasteiger charge is -2.30. The van der Waals surface area contributed by atoms with Gasteiger partial charge >= 0.3 is 0 Å². The van der Waals surface area contributed by atoms with Crippen LogP contribution in [-0.2, 0) is 0 Å². The van der Waals surface area contributed by atoms with Gasteiger partial charge in [-0.2, -0.15) is 0 Å². The van der Waals surface area contributed by atoms with Crippen LogP contribution in [0.5, 0.6) is 11.5 Å². The lowest BCUT2D eigenvalue weighted by atomic mass is 10.1. The summed E-state index contributed by atoms with van der Waals surface area (Å²) in [6, 6.07) is 1.77. The topological polar surface area (TPSA) is 55.7 Å². The maximum atomic E-state index is 9.90. The molecule has 1 aliphatic heterocycles. The molecular formula is C11H15ClN2O2. The third kappa shape index (κ3) is 1.90. The lowest BCUT2D eigenvalue weighted by Crippen LogP contribution is -2.43. The molecular weight excluding hydrogens is 228 g/mol. The van der Waals surface area contributed by atoms with E-state index in [9.17, 15) is 10.2 Å². The number of hydrogen-bond acceptors (Lipinski definition) is 4. The van der Waals surface area contributed by atoms with Gasteiger partial charge in [-0.05, 0) is 18.6 Å². The van der Waals surface area contributed by atoms with E-state index >= 15 is 0 Å². The van der Waals surface area contributed by atoms with Crippen molar-refractivity contribution in [3.8, 4) is 11.5 Å². The normalized spacial score (nSPS) is 16.5. The molecule has 1 aromatic carbocycles. The van der Waals surface area contributed by atoms with E-state index in [0.29, 0.717) is 11.3 Å². The Morgan fingerprint density at radius 3 is 2.50 bits per heavy atom. The molecule has 4 nitrogen and oxygen atoms in total. The van der Waals surface area contributed by atoms with Crippen molar-refractivity contribution in [3.05, 3.63) is 16.7 Å². The summed E-state index contributed by atoms with van der Waals surface area (Å²) in [5.74, 6) is -0.0790. The van der Waals surface area contributed by atoms with Crippen LogP contribution in [-0.4, -0.2) is 36.4 Å². The Kier molecular flexibility index (Phi) is 3.12. The second-order valence-electron chi connectivity index (χ2n) is 3.96. The van der Waals surface area contributed by atoms with Crippen LogP contribution in [0, 0.1) is 6.92 Å². The van der Waals surface area contributed by atoms with Crippen LogP contribution >= 0.6 is 11.6 Å². The molecule has 1 saturated heterocycles. The molecule has 5 heteroatoms. The molecule has 1 heterocycles. The number of piperazine rings is 1. The first-order valence-electron chi connectivity index (χ1n) is 5.28. The summed E-state index contributed by atoms with van der Waals surface area (Å²) in [4.78, 5) is 2.06. The molecule has 1 aromatic rings. The van der Waals surface area contributed by atoms with Crippen molar-refractivity contribution in [2.45, 2.75) is 6.92 Å². The van der Waals surface area contributed by atoms with Crippen LogP contribution in [0.25, 0.3) is 0 Å². The number of phenolic OH excluding ortho intramolecular Hbond substituents is 2. The molecule has 1 aliphatic rings. The van der Waals surface area contributed by atoms with E-state index in [0.717, 1.165) is 26.2 Å². The average molecular weight is 243 g/mol. The summed E-state index contributed by atoms with van der Waals surface area (Å²) in [7, 11) is 0. The van der Waals surface area contributed by atoms with Crippen molar-refractivity contribution in [1.29, 1.82) is 0 Å². The molecule has 0 amide bonds. The van der Waals surface area contributed by atoms with Gasteiger partial charge in [0.1, 0.15) is 10.8 Å². The van der Waals surface area contributed by atoms with Crippen molar-refractivity contribution in [3.63, 3.8) is 0 Å². The number of hydrogen-bond donors (Lipinski definition) is 3. The number of aromatic hydroxyl groups is 2. The first-order valence-corrected chi connectivity index (χ1v) is 5.65. The Labute approximate surface area is 99.5 Å². The zero-order valence-corrected chi connectivity index (χ0v) is 9.88. The highest BCUT2D eigenvalue weighted by Crippen LogP contribution is 2.42. The van der Waals surface area contributed by atoms with Gasteiger partial charge in [0, 0.05) is 26.2 Å². The minimum Gasteiger partial charge on any atom is -0.506 e. The molecule has 88 valence electrons. The fraction of sp³-hybridized carbons (Fsp3) is 0.455. The van der Waals surface area contributed by atoms with E-state index in [-0.39, 0.29) is 16.5 Å². The molecule has 0 aromatic heterocycles. The molecule has 0 unspecified atom stereocenters. The number of nitrogens with one attached hydrogen (secondary N) is 1. The maximum absolute atomic E-state index is 9.90. The largest absolute Gasteiger partial charge is 0.506 e. The highest BCUT2D eigenvalue weighted by Gasteiger charge is 2.19. The summed E-state index contributed by atoms with van der Waals surface area (Å²) in [5, 5.41) is 22.8. The summed E-state index contributed by atoms with van der Waals surface area (Å²) < 4.78 is 0. The molecule has 0 spiro atoms. The highest BCUT2D eigenvalue weighted by atomic mass is 35.5. The summed E-state index contributed by atoms with van der Waals surface area (Å²) in [6.45, 7) is 5.20. The predicted octanol–water partition coefficient (Wildman–Crippen LogP) is 1.47. The Morgan fingerprint density at radius 1 is 1.25 bits per heavy atom. The van der Waals surface area contributed by atoms with Crippen molar-refractivity contribution >= 4 is 17.3 Å². The number of phenols is 2. The quantitative estimate of drug-likeness (QED) is 0.698. The number of rotatable bonds is 1. The number of nitrogens with zero attached hydrogens (tertiary/aromatic N) is 1. The maximum Gasteiger partial charge on any atom is 0.161 e. The van der Waals surface area contributed by atoms with Gasteiger partial charge in [0.25, 0.3) is 0 Å². The third-order valence-corrected chi connectivity index (χ3v) is 3.20. The van der Waals surface area contributed by atoms with Crippen LogP contribution in [0.2, 0.25) is 5.02 Å². The second kappa shape index (κ2) is 4.39. The number of aryl methyl sites for hydroxylation is 1. The number of benzene rings is 1. The first-order chi connectivity index (χ1) is 7.61. The van der Waals surface area contributed by atoms with Gasteiger partial charge in [0.15, 0.2) is 5.75 Å². The minimum absolute atomic E-state index is 0.0355. The Bertz CT molecular complexity index is 403. The van der Waals surface area contributed by atoms with Gasteiger partial charge in [-0.1, -0.05) is 11.6 Å². The van der Waals surface area contributed by atoms with Crippen molar-refractivity contribution in [2.24, 2.45) is 0 Å². The smallest absolute Gasteiger partial charge is 0.161 e. The summed E-state index contributed by atoms with van der Waals surface area (Å²) in [5.41, 5.74) is 1.37. The molecule has 0 radical (unpaired) electrons. The molecule has 1 fully saturated rings.